The molecule has 0 saturated carbocycles. The second kappa shape index (κ2) is 8.64. The van der Waals surface area contributed by atoms with Gasteiger partial charge in [0.15, 0.2) is 0 Å². The van der Waals surface area contributed by atoms with Crippen molar-refractivity contribution in [2.75, 3.05) is 0 Å². The quantitative estimate of drug-likeness (QED) is 0.652. The van der Waals surface area contributed by atoms with Crippen molar-refractivity contribution in [2.24, 2.45) is 0 Å². The smallest absolute Gasteiger partial charge is 0.221 e. The van der Waals surface area contributed by atoms with Crippen molar-refractivity contribution in [3.63, 3.8) is 0 Å². The van der Waals surface area contributed by atoms with Gasteiger partial charge in [-0.25, -0.2) is 4.98 Å². The predicted octanol–water partition coefficient (Wildman–Crippen LogP) is 4.93. The topological polar surface area (TPSA) is 46.9 Å². The molecule has 1 N–H and O–H groups in total. The maximum atomic E-state index is 12.9. The normalized spacial score (nSPS) is 16.8. The van der Waals surface area contributed by atoms with E-state index in [4.69, 9.17) is 4.98 Å². The molecule has 3 aromatic rings. The molecule has 0 saturated heterocycles. The van der Waals surface area contributed by atoms with Gasteiger partial charge in [-0.1, -0.05) is 61.5 Å². The number of nitrogens with zero attached hydrogens (tertiary/aromatic N) is 2. The number of amides is 1. The fourth-order valence-electron chi connectivity index (χ4n) is 4.41. The van der Waals surface area contributed by atoms with Crippen LogP contribution in [-0.2, 0) is 17.9 Å². The maximum Gasteiger partial charge on any atom is 0.221 e. The van der Waals surface area contributed by atoms with E-state index in [0.29, 0.717) is 18.9 Å². The van der Waals surface area contributed by atoms with Crippen LogP contribution in [0.15, 0.2) is 60.8 Å². The summed E-state index contributed by atoms with van der Waals surface area (Å²) >= 11 is 0. The lowest BCUT2D eigenvalue weighted by Gasteiger charge is -2.26. The zero-order valence-electron chi connectivity index (χ0n) is 17.3. The van der Waals surface area contributed by atoms with E-state index in [2.05, 4.69) is 48.0 Å². The molecule has 2 atom stereocenters. The van der Waals surface area contributed by atoms with Crippen molar-refractivity contribution in [2.45, 2.75) is 58.0 Å². The fraction of sp³-hybridized carbons (Fsp3) is 0.360. The van der Waals surface area contributed by atoms with Gasteiger partial charge in [-0.05, 0) is 36.5 Å². The molecule has 2 aromatic carbocycles. The van der Waals surface area contributed by atoms with Crippen LogP contribution < -0.4 is 5.32 Å². The van der Waals surface area contributed by atoms with Gasteiger partial charge in [-0.15, -0.1) is 0 Å². The van der Waals surface area contributed by atoms with Gasteiger partial charge in [0.2, 0.25) is 5.91 Å². The van der Waals surface area contributed by atoms with Crippen LogP contribution in [0.2, 0.25) is 0 Å². The fourth-order valence-corrected chi connectivity index (χ4v) is 4.41. The average Bonchev–Trinajstić information content (AvgIpc) is 3.17. The third-order valence-electron chi connectivity index (χ3n) is 6.02. The molecule has 1 aliphatic rings. The first kappa shape index (κ1) is 19.4. The first-order valence-corrected chi connectivity index (χ1v) is 10.5. The summed E-state index contributed by atoms with van der Waals surface area (Å²) in [6.07, 6.45) is 4.78. The van der Waals surface area contributed by atoms with E-state index in [1.54, 1.807) is 0 Å². The van der Waals surface area contributed by atoms with E-state index in [1.165, 1.54) is 17.5 Å². The molecule has 150 valence electrons. The summed E-state index contributed by atoms with van der Waals surface area (Å²) in [5.74, 6) is 1.72. The molecule has 4 nitrogen and oxygen atoms in total. The highest BCUT2D eigenvalue weighted by Crippen LogP contribution is 2.35. The molecule has 4 rings (SSSR count). The third kappa shape index (κ3) is 4.26. The van der Waals surface area contributed by atoms with E-state index < -0.39 is 0 Å². The number of carbonyl (C=O) groups excluding carboxylic acids is 1. The zero-order chi connectivity index (χ0) is 20.2. The molecule has 4 heteroatoms. The Hall–Kier alpha value is -2.88. The van der Waals surface area contributed by atoms with Gasteiger partial charge in [-0.3, -0.25) is 4.79 Å². The standard InChI is InChI=1S/C25H29N3O/c1-18-9-6-7-13-21(18)22(15-24(29)26-16-20-11-4-3-5-12-20)23-17-27-25-19(2)10-8-14-28(23)25/h3-7,9,11-13,17,19,22H,8,10,14-16H2,1-2H3,(H,26,29). The monoisotopic (exact) mass is 387 g/mol. The minimum absolute atomic E-state index is 0.0125. The highest BCUT2D eigenvalue weighted by Gasteiger charge is 2.27. The number of hydrogen-bond donors (Lipinski definition) is 1. The Labute approximate surface area is 173 Å². The minimum Gasteiger partial charge on any atom is -0.352 e. The molecule has 0 spiro atoms. The van der Waals surface area contributed by atoms with E-state index in [9.17, 15) is 4.79 Å². The summed E-state index contributed by atoms with van der Waals surface area (Å²) in [7, 11) is 0. The molecule has 2 heterocycles. The number of hydrogen-bond acceptors (Lipinski definition) is 2. The van der Waals surface area contributed by atoms with Crippen LogP contribution in [0.4, 0.5) is 0 Å². The van der Waals surface area contributed by atoms with Crippen molar-refractivity contribution in [1.29, 1.82) is 0 Å². The van der Waals surface area contributed by atoms with Crippen molar-refractivity contribution >= 4 is 5.91 Å². The van der Waals surface area contributed by atoms with Gasteiger partial charge in [0, 0.05) is 43.2 Å². The highest BCUT2D eigenvalue weighted by atomic mass is 16.1. The van der Waals surface area contributed by atoms with Crippen LogP contribution in [0, 0.1) is 6.92 Å². The summed E-state index contributed by atoms with van der Waals surface area (Å²) in [6, 6.07) is 18.4. The average molecular weight is 388 g/mol. The van der Waals surface area contributed by atoms with Gasteiger partial charge in [0.1, 0.15) is 5.82 Å². The van der Waals surface area contributed by atoms with Crippen LogP contribution in [0.25, 0.3) is 0 Å². The summed E-state index contributed by atoms with van der Waals surface area (Å²) < 4.78 is 2.36. The molecular weight excluding hydrogens is 358 g/mol. The molecule has 1 amide bonds. The Morgan fingerprint density at radius 1 is 1.17 bits per heavy atom. The van der Waals surface area contributed by atoms with Gasteiger partial charge in [0.05, 0.1) is 0 Å². The Morgan fingerprint density at radius 3 is 2.72 bits per heavy atom. The minimum atomic E-state index is 0.0125. The number of carbonyl (C=O) groups is 1. The highest BCUT2D eigenvalue weighted by molar-refractivity contribution is 5.77. The molecule has 29 heavy (non-hydrogen) atoms. The van der Waals surface area contributed by atoms with E-state index in [-0.39, 0.29) is 11.8 Å². The van der Waals surface area contributed by atoms with Crippen molar-refractivity contribution < 1.29 is 4.79 Å². The Morgan fingerprint density at radius 2 is 1.93 bits per heavy atom. The number of nitrogens with one attached hydrogen (secondary N) is 1. The van der Waals surface area contributed by atoms with Crippen molar-refractivity contribution in [3.05, 3.63) is 89.0 Å². The molecular formula is C25H29N3O. The van der Waals surface area contributed by atoms with Crippen LogP contribution in [0.3, 0.4) is 0 Å². The largest absolute Gasteiger partial charge is 0.352 e. The third-order valence-corrected chi connectivity index (χ3v) is 6.02. The summed E-state index contributed by atoms with van der Waals surface area (Å²) in [5, 5.41) is 3.10. The van der Waals surface area contributed by atoms with Gasteiger partial charge in [-0.2, -0.15) is 0 Å². The summed E-state index contributed by atoms with van der Waals surface area (Å²) in [5.41, 5.74) is 4.70. The number of benzene rings is 2. The molecule has 1 aliphatic heterocycles. The lowest BCUT2D eigenvalue weighted by atomic mass is 9.88. The Kier molecular flexibility index (Phi) is 5.79. The molecule has 1 aromatic heterocycles. The molecule has 0 bridgehead atoms. The van der Waals surface area contributed by atoms with E-state index in [1.807, 2.05) is 36.5 Å². The molecule has 0 radical (unpaired) electrons. The first-order valence-electron chi connectivity index (χ1n) is 10.5. The lowest BCUT2D eigenvalue weighted by molar-refractivity contribution is -0.121. The number of rotatable bonds is 6. The zero-order valence-corrected chi connectivity index (χ0v) is 17.3. The molecule has 2 unspecified atom stereocenters. The van der Waals surface area contributed by atoms with Crippen LogP contribution >= 0.6 is 0 Å². The lowest BCUT2D eigenvalue weighted by Crippen LogP contribution is -2.26. The van der Waals surface area contributed by atoms with Crippen molar-refractivity contribution in [1.82, 2.24) is 14.9 Å². The van der Waals surface area contributed by atoms with Crippen LogP contribution in [-0.4, -0.2) is 15.5 Å². The Balaban J connectivity index is 1.60. The second-order valence-corrected chi connectivity index (χ2v) is 8.11. The van der Waals surface area contributed by atoms with E-state index >= 15 is 0 Å². The number of imidazole rings is 1. The van der Waals surface area contributed by atoms with Gasteiger partial charge in [0.25, 0.3) is 0 Å². The number of aromatic nitrogens is 2. The molecule has 0 fully saturated rings. The van der Waals surface area contributed by atoms with Gasteiger partial charge < -0.3 is 9.88 Å². The first-order chi connectivity index (χ1) is 14.1. The maximum absolute atomic E-state index is 12.9. The number of aryl methyl sites for hydroxylation is 1. The SMILES string of the molecule is Cc1ccccc1C(CC(=O)NCc1ccccc1)c1cnc2n1CCCC2C. The van der Waals surface area contributed by atoms with E-state index in [0.717, 1.165) is 30.0 Å². The van der Waals surface area contributed by atoms with Crippen LogP contribution in [0.5, 0.6) is 0 Å². The van der Waals surface area contributed by atoms with Crippen molar-refractivity contribution in [3.8, 4) is 0 Å². The second-order valence-electron chi connectivity index (χ2n) is 8.11. The number of fused-ring (bicyclic) bond motifs is 1. The van der Waals surface area contributed by atoms with Gasteiger partial charge >= 0.3 is 0 Å². The summed E-state index contributed by atoms with van der Waals surface area (Å²) in [6.45, 7) is 5.92. The summed E-state index contributed by atoms with van der Waals surface area (Å²) in [4.78, 5) is 17.6. The predicted molar refractivity (Wildman–Crippen MR) is 116 cm³/mol. The Bertz CT molecular complexity index is 977. The molecule has 0 aliphatic carbocycles. The van der Waals surface area contributed by atoms with Crippen LogP contribution in [0.1, 0.15) is 66.2 Å².